The van der Waals surface area contributed by atoms with E-state index in [9.17, 15) is 9.59 Å². The van der Waals surface area contributed by atoms with Crippen LogP contribution in [0.1, 0.15) is 33.3 Å². The third-order valence-corrected chi connectivity index (χ3v) is 3.11. The third-order valence-electron chi connectivity index (χ3n) is 3.11. The molecule has 0 aliphatic rings. The first-order valence-electron chi connectivity index (χ1n) is 7.75. The second-order valence-electron chi connectivity index (χ2n) is 5.38. The summed E-state index contributed by atoms with van der Waals surface area (Å²) in [5, 5.41) is 2.80. The number of carbonyl (C=O) groups excluding carboxylic acids is 2. The Kier molecular flexibility index (Phi) is 7.43. The van der Waals surface area contributed by atoms with Crippen LogP contribution in [0.15, 0.2) is 24.3 Å². The van der Waals surface area contributed by atoms with E-state index < -0.39 is 0 Å². The van der Waals surface area contributed by atoms with Crippen molar-refractivity contribution >= 4 is 11.8 Å². The standard InChI is InChI=1S/C17H26N2O3/c1-5-19(12-16(20)18-13(3)4)17(21)11-14-7-9-15(10-8-14)22-6-2/h7-10,13H,5-6,11-12H2,1-4H3,(H,18,20). The number of hydrogen-bond donors (Lipinski definition) is 1. The van der Waals surface area contributed by atoms with Gasteiger partial charge < -0.3 is 15.0 Å². The predicted octanol–water partition coefficient (Wildman–Crippen LogP) is 2.00. The van der Waals surface area contributed by atoms with Gasteiger partial charge in [-0.25, -0.2) is 0 Å². The minimum atomic E-state index is -0.128. The fourth-order valence-corrected chi connectivity index (χ4v) is 2.07. The lowest BCUT2D eigenvalue weighted by atomic mass is 10.1. The van der Waals surface area contributed by atoms with E-state index in [1.165, 1.54) is 0 Å². The van der Waals surface area contributed by atoms with Crippen molar-refractivity contribution in [3.05, 3.63) is 29.8 Å². The van der Waals surface area contributed by atoms with E-state index in [0.717, 1.165) is 11.3 Å². The fraction of sp³-hybridized carbons (Fsp3) is 0.529. The molecular weight excluding hydrogens is 280 g/mol. The van der Waals surface area contributed by atoms with Gasteiger partial charge in [0, 0.05) is 12.6 Å². The number of nitrogens with zero attached hydrogens (tertiary/aromatic N) is 1. The van der Waals surface area contributed by atoms with Crippen LogP contribution in [0.25, 0.3) is 0 Å². The molecular formula is C17H26N2O3. The first kappa shape index (κ1) is 18.0. The van der Waals surface area contributed by atoms with E-state index >= 15 is 0 Å². The number of nitrogens with one attached hydrogen (secondary N) is 1. The number of rotatable bonds is 8. The van der Waals surface area contributed by atoms with Crippen LogP contribution in [0.4, 0.5) is 0 Å². The monoisotopic (exact) mass is 306 g/mol. The SMILES string of the molecule is CCOc1ccc(CC(=O)N(CC)CC(=O)NC(C)C)cc1. The number of carbonyl (C=O) groups is 2. The zero-order valence-electron chi connectivity index (χ0n) is 13.9. The van der Waals surface area contributed by atoms with Gasteiger partial charge in [0.25, 0.3) is 0 Å². The van der Waals surface area contributed by atoms with Gasteiger partial charge in [-0.1, -0.05) is 12.1 Å². The van der Waals surface area contributed by atoms with Crippen molar-refractivity contribution in [3.63, 3.8) is 0 Å². The van der Waals surface area contributed by atoms with Gasteiger partial charge in [0.1, 0.15) is 5.75 Å². The highest BCUT2D eigenvalue weighted by atomic mass is 16.5. The molecule has 0 radical (unpaired) electrons. The number of amides is 2. The molecule has 0 saturated heterocycles. The van der Waals surface area contributed by atoms with Gasteiger partial charge in [0.15, 0.2) is 0 Å². The van der Waals surface area contributed by atoms with Gasteiger partial charge in [0.2, 0.25) is 11.8 Å². The number of likely N-dealkylation sites (N-methyl/N-ethyl adjacent to an activating group) is 1. The smallest absolute Gasteiger partial charge is 0.239 e. The summed E-state index contributed by atoms with van der Waals surface area (Å²) in [6.45, 7) is 8.84. The Morgan fingerprint density at radius 3 is 2.32 bits per heavy atom. The van der Waals surface area contributed by atoms with Crippen LogP contribution in [0, 0.1) is 0 Å². The topological polar surface area (TPSA) is 58.6 Å². The first-order valence-corrected chi connectivity index (χ1v) is 7.75. The van der Waals surface area contributed by atoms with Crippen LogP contribution in [0.3, 0.4) is 0 Å². The molecule has 0 fully saturated rings. The summed E-state index contributed by atoms with van der Waals surface area (Å²) < 4.78 is 5.38. The van der Waals surface area contributed by atoms with Crippen LogP contribution >= 0.6 is 0 Å². The van der Waals surface area contributed by atoms with Crippen LogP contribution < -0.4 is 10.1 Å². The molecule has 0 aliphatic carbocycles. The lowest BCUT2D eigenvalue weighted by Gasteiger charge is -2.21. The summed E-state index contributed by atoms with van der Waals surface area (Å²) in [4.78, 5) is 25.6. The average molecular weight is 306 g/mol. The third kappa shape index (κ3) is 6.16. The summed E-state index contributed by atoms with van der Waals surface area (Å²) in [5.74, 6) is 0.616. The summed E-state index contributed by atoms with van der Waals surface area (Å²) in [5.41, 5.74) is 0.913. The van der Waals surface area contributed by atoms with Crippen molar-refractivity contribution in [1.82, 2.24) is 10.2 Å². The molecule has 1 aromatic carbocycles. The lowest BCUT2D eigenvalue weighted by molar-refractivity contribution is -0.135. The van der Waals surface area contributed by atoms with Gasteiger partial charge in [0.05, 0.1) is 19.6 Å². The minimum absolute atomic E-state index is 0.0504. The summed E-state index contributed by atoms with van der Waals surface area (Å²) in [6.07, 6.45) is 0.287. The zero-order valence-corrected chi connectivity index (χ0v) is 13.9. The van der Waals surface area contributed by atoms with E-state index in [4.69, 9.17) is 4.74 Å². The van der Waals surface area contributed by atoms with Crippen molar-refractivity contribution in [1.29, 1.82) is 0 Å². The van der Waals surface area contributed by atoms with Crippen molar-refractivity contribution in [2.24, 2.45) is 0 Å². The number of ether oxygens (including phenoxy) is 1. The highest BCUT2D eigenvalue weighted by Crippen LogP contribution is 2.13. The quantitative estimate of drug-likeness (QED) is 0.799. The maximum Gasteiger partial charge on any atom is 0.239 e. The van der Waals surface area contributed by atoms with E-state index in [0.29, 0.717) is 13.2 Å². The maximum atomic E-state index is 12.3. The van der Waals surface area contributed by atoms with Gasteiger partial charge in [-0.15, -0.1) is 0 Å². The Bertz CT molecular complexity index is 483. The molecule has 5 heteroatoms. The number of hydrogen-bond acceptors (Lipinski definition) is 3. The van der Waals surface area contributed by atoms with Crippen LogP contribution in [0.2, 0.25) is 0 Å². The predicted molar refractivity (Wildman–Crippen MR) is 86.8 cm³/mol. The molecule has 0 aliphatic heterocycles. The highest BCUT2D eigenvalue weighted by molar-refractivity contribution is 5.85. The molecule has 122 valence electrons. The highest BCUT2D eigenvalue weighted by Gasteiger charge is 2.16. The Morgan fingerprint density at radius 1 is 1.18 bits per heavy atom. The normalized spacial score (nSPS) is 10.4. The van der Waals surface area contributed by atoms with Crippen LogP contribution in [-0.4, -0.2) is 42.5 Å². The number of benzene rings is 1. The average Bonchev–Trinajstić information content (AvgIpc) is 2.46. The van der Waals surface area contributed by atoms with Crippen molar-refractivity contribution in [2.75, 3.05) is 19.7 Å². The largest absolute Gasteiger partial charge is 0.494 e. The molecule has 0 unspecified atom stereocenters. The Balaban J connectivity index is 2.58. The Morgan fingerprint density at radius 2 is 1.82 bits per heavy atom. The van der Waals surface area contributed by atoms with E-state index in [1.54, 1.807) is 4.90 Å². The second-order valence-corrected chi connectivity index (χ2v) is 5.38. The summed E-state index contributed by atoms with van der Waals surface area (Å²) >= 11 is 0. The lowest BCUT2D eigenvalue weighted by Crippen LogP contribution is -2.43. The van der Waals surface area contributed by atoms with Crippen molar-refractivity contribution in [3.8, 4) is 5.75 Å². The fourth-order valence-electron chi connectivity index (χ4n) is 2.07. The van der Waals surface area contributed by atoms with Gasteiger partial charge in [-0.3, -0.25) is 9.59 Å². The second kappa shape index (κ2) is 9.07. The molecule has 0 heterocycles. The Labute approximate surface area is 132 Å². The van der Waals surface area contributed by atoms with Crippen molar-refractivity contribution < 1.29 is 14.3 Å². The summed E-state index contributed by atoms with van der Waals surface area (Å²) in [6, 6.07) is 7.55. The molecule has 0 spiro atoms. The molecule has 0 atom stereocenters. The first-order chi connectivity index (χ1) is 10.5. The molecule has 0 aromatic heterocycles. The molecule has 0 saturated carbocycles. The maximum absolute atomic E-state index is 12.3. The van der Waals surface area contributed by atoms with E-state index in [2.05, 4.69) is 5.32 Å². The van der Waals surface area contributed by atoms with Crippen LogP contribution in [-0.2, 0) is 16.0 Å². The van der Waals surface area contributed by atoms with Crippen molar-refractivity contribution in [2.45, 2.75) is 40.2 Å². The van der Waals surface area contributed by atoms with Gasteiger partial charge in [-0.2, -0.15) is 0 Å². The Hall–Kier alpha value is -2.04. The van der Waals surface area contributed by atoms with Gasteiger partial charge >= 0.3 is 0 Å². The van der Waals surface area contributed by atoms with Crippen LogP contribution in [0.5, 0.6) is 5.75 Å². The zero-order chi connectivity index (χ0) is 16.5. The van der Waals surface area contributed by atoms with Gasteiger partial charge in [-0.05, 0) is 45.4 Å². The van der Waals surface area contributed by atoms with E-state index in [-0.39, 0.29) is 30.8 Å². The molecule has 1 rings (SSSR count). The molecule has 5 nitrogen and oxygen atoms in total. The molecule has 22 heavy (non-hydrogen) atoms. The molecule has 0 bridgehead atoms. The van der Waals surface area contributed by atoms with E-state index in [1.807, 2.05) is 52.0 Å². The molecule has 2 amide bonds. The summed E-state index contributed by atoms with van der Waals surface area (Å²) in [7, 11) is 0. The molecule has 1 aromatic rings. The minimum Gasteiger partial charge on any atom is -0.494 e. The molecule has 1 N–H and O–H groups in total.